The maximum absolute atomic E-state index is 4.18. The number of aryl methyl sites for hydroxylation is 1. The van der Waals surface area contributed by atoms with Crippen LogP contribution in [-0.4, -0.2) is 0 Å². The molecule has 0 amide bonds. The molecular formula is C18H18. The average molecular weight is 234 g/mol. The first-order valence-corrected chi connectivity index (χ1v) is 6.17. The third-order valence-electron chi connectivity index (χ3n) is 3.16. The van der Waals surface area contributed by atoms with E-state index in [9.17, 15) is 0 Å². The Morgan fingerprint density at radius 1 is 0.944 bits per heavy atom. The van der Waals surface area contributed by atoms with Crippen molar-refractivity contribution in [3.63, 3.8) is 0 Å². The van der Waals surface area contributed by atoms with E-state index in [1.165, 1.54) is 22.3 Å². The van der Waals surface area contributed by atoms with Crippen molar-refractivity contribution in [3.8, 4) is 0 Å². The van der Waals surface area contributed by atoms with Crippen LogP contribution in [0.5, 0.6) is 0 Å². The van der Waals surface area contributed by atoms with Gasteiger partial charge in [0.1, 0.15) is 0 Å². The van der Waals surface area contributed by atoms with Gasteiger partial charge in [0.05, 0.1) is 0 Å². The highest BCUT2D eigenvalue weighted by Gasteiger charge is 2.01. The maximum atomic E-state index is 4.18. The van der Waals surface area contributed by atoms with Gasteiger partial charge in [0.15, 0.2) is 0 Å². The first kappa shape index (κ1) is 12.4. The highest BCUT2D eigenvalue weighted by atomic mass is 14.1. The monoisotopic (exact) mass is 234 g/mol. The Balaban J connectivity index is 2.30. The molecule has 0 atom stereocenters. The largest absolute Gasteiger partial charge is 0.0909 e. The Bertz CT molecular complexity index is 574. The smallest absolute Gasteiger partial charge is 0.0187 e. The molecule has 0 spiro atoms. The SMILES string of the molecule is C=C(/C(C)=C/c1ccccc1C)c1ccccc1. The first-order valence-electron chi connectivity index (χ1n) is 6.17. The van der Waals surface area contributed by atoms with Crippen LogP contribution in [0.3, 0.4) is 0 Å². The molecule has 0 fully saturated rings. The van der Waals surface area contributed by atoms with Crippen molar-refractivity contribution in [2.45, 2.75) is 13.8 Å². The molecule has 0 aromatic heterocycles. The third kappa shape index (κ3) is 2.78. The van der Waals surface area contributed by atoms with Crippen LogP contribution in [-0.2, 0) is 0 Å². The Hall–Kier alpha value is -2.08. The minimum atomic E-state index is 1.08. The van der Waals surface area contributed by atoms with Crippen LogP contribution in [0.15, 0.2) is 66.7 Å². The van der Waals surface area contributed by atoms with Gasteiger partial charge >= 0.3 is 0 Å². The van der Waals surface area contributed by atoms with Gasteiger partial charge in [-0.25, -0.2) is 0 Å². The number of rotatable bonds is 3. The van der Waals surface area contributed by atoms with Crippen LogP contribution in [0.25, 0.3) is 11.6 Å². The molecule has 0 saturated carbocycles. The summed E-state index contributed by atoms with van der Waals surface area (Å²) in [5.74, 6) is 0. The minimum Gasteiger partial charge on any atom is -0.0909 e. The predicted octanol–water partition coefficient (Wildman–Crippen LogP) is 5.11. The second-order valence-corrected chi connectivity index (χ2v) is 4.53. The van der Waals surface area contributed by atoms with Crippen molar-refractivity contribution < 1.29 is 0 Å². The fraction of sp³-hybridized carbons (Fsp3) is 0.111. The molecule has 90 valence electrons. The van der Waals surface area contributed by atoms with Gasteiger partial charge in [0.2, 0.25) is 0 Å². The Labute approximate surface area is 109 Å². The molecule has 2 aromatic carbocycles. The van der Waals surface area contributed by atoms with Crippen molar-refractivity contribution in [2.75, 3.05) is 0 Å². The summed E-state index contributed by atoms with van der Waals surface area (Å²) in [6.45, 7) is 8.42. The molecule has 0 nitrogen and oxygen atoms in total. The van der Waals surface area contributed by atoms with E-state index in [0.29, 0.717) is 0 Å². The molecule has 0 aliphatic rings. The Morgan fingerprint density at radius 2 is 1.56 bits per heavy atom. The van der Waals surface area contributed by atoms with Gasteiger partial charge in [-0.3, -0.25) is 0 Å². The number of benzene rings is 2. The van der Waals surface area contributed by atoms with Crippen molar-refractivity contribution in [1.82, 2.24) is 0 Å². The zero-order valence-corrected chi connectivity index (χ0v) is 11.0. The molecule has 2 rings (SSSR count). The summed E-state index contributed by atoms with van der Waals surface area (Å²) < 4.78 is 0. The summed E-state index contributed by atoms with van der Waals surface area (Å²) in [4.78, 5) is 0. The van der Waals surface area contributed by atoms with Gasteiger partial charge in [-0.15, -0.1) is 0 Å². The molecule has 0 unspecified atom stereocenters. The topological polar surface area (TPSA) is 0 Å². The van der Waals surface area contributed by atoms with Gasteiger partial charge in [-0.2, -0.15) is 0 Å². The Kier molecular flexibility index (Phi) is 3.78. The van der Waals surface area contributed by atoms with E-state index in [0.717, 1.165) is 5.57 Å². The summed E-state index contributed by atoms with van der Waals surface area (Å²) in [5, 5.41) is 0. The zero-order valence-electron chi connectivity index (χ0n) is 11.0. The van der Waals surface area contributed by atoms with Crippen molar-refractivity contribution in [2.24, 2.45) is 0 Å². The Morgan fingerprint density at radius 3 is 2.22 bits per heavy atom. The quantitative estimate of drug-likeness (QED) is 0.647. The second kappa shape index (κ2) is 5.50. The molecule has 0 heteroatoms. The second-order valence-electron chi connectivity index (χ2n) is 4.53. The number of allylic oxidation sites excluding steroid dienone is 2. The third-order valence-corrected chi connectivity index (χ3v) is 3.16. The molecular weight excluding hydrogens is 216 g/mol. The lowest BCUT2D eigenvalue weighted by Gasteiger charge is -2.07. The summed E-state index contributed by atoms with van der Waals surface area (Å²) in [6.07, 6.45) is 2.20. The molecule has 0 heterocycles. The molecule has 0 saturated heterocycles. The predicted molar refractivity (Wildman–Crippen MR) is 80.3 cm³/mol. The maximum Gasteiger partial charge on any atom is -0.0187 e. The van der Waals surface area contributed by atoms with E-state index < -0.39 is 0 Å². The molecule has 2 aromatic rings. The lowest BCUT2D eigenvalue weighted by molar-refractivity contribution is 1.43. The molecule has 0 aliphatic heterocycles. The lowest BCUT2D eigenvalue weighted by Crippen LogP contribution is -1.86. The average Bonchev–Trinajstić information content (AvgIpc) is 2.41. The van der Waals surface area contributed by atoms with Crippen LogP contribution >= 0.6 is 0 Å². The number of hydrogen-bond donors (Lipinski definition) is 0. The summed E-state index contributed by atoms with van der Waals surface area (Å²) in [5.41, 5.74) is 6.01. The molecule has 0 aliphatic carbocycles. The van der Waals surface area contributed by atoms with Crippen LogP contribution in [0.2, 0.25) is 0 Å². The van der Waals surface area contributed by atoms with E-state index in [1.54, 1.807) is 0 Å². The van der Waals surface area contributed by atoms with Crippen LogP contribution in [0.1, 0.15) is 23.6 Å². The first-order chi connectivity index (χ1) is 8.68. The normalized spacial score (nSPS) is 11.3. The summed E-state index contributed by atoms with van der Waals surface area (Å²) in [6, 6.07) is 18.7. The number of hydrogen-bond acceptors (Lipinski definition) is 0. The fourth-order valence-electron chi connectivity index (χ4n) is 1.94. The fourth-order valence-corrected chi connectivity index (χ4v) is 1.94. The van der Waals surface area contributed by atoms with Crippen molar-refractivity contribution in [1.29, 1.82) is 0 Å². The zero-order chi connectivity index (χ0) is 13.0. The van der Waals surface area contributed by atoms with E-state index in [-0.39, 0.29) is 0 Å². The van der Waals surface area contributed by atoms with Gasteiger partial charge in [-0.05, 0) is 41.7 Å². The minimum absolute atomic E-state index is 1.08. The molecule has 0 N–H and O–H groups in total. The van der Waals surface area contributed by atoms with Crippen molar-refractivity contribution >= 4 is 11.6 Å². The van der Waals surface area contributed by atoms with Crippen LogP contribution in [0, 0.1) is 6.92 Å². The van der Waals surface area contributed by atoms with Crippen LogP contribution < -0.4 is 0 Å². The van der Waals surface area contributed by atoms with E-state index in [1.807, 2.05) is 18.2 Å². The standard InChI is InChI=1S/C18H18/c1-14-9-7-8-12-18(14)13-15(2)16(3)17-10-5-4-6-11-17/h4-13H,3H2,1-2H3/b15-13+. The van der Waals surface area contributed by atoms with Crippen molar-refractivity contribution in [3.05, 3.63) is 83.4 Å². The highest BCUT2D eigenvalue weighted by Crippen LogP contribution is 2.23. The molecule has 18 heavy (non-hydrogen) atoms. The van der Waals surface area contributed by atoms with E-state index in [2.05, 4.69) is 62.9 Å². The van der Waals surface area contributed by atoms with Gasteiger partial charge < -0.3 is 0 Å². The van der Waals surface area contributed by atoms with E-state index in [4.69, 9.17) is 0 Å². The molecule has 0 radical (unpaired) electrons. The summed E-state index contributed by atoms with van der Waals surface area (Å²) >= 11 is 0. The van der Waals surface area contributed by atoms with Gasteiger partial charge in [0, 0.05) is 0 Å². The van der Waals surface area contributed by atoms with E-state index >= 15 is 0 Å². The lowest BCUT2D eigenvalue weighted by atomic mass is 9.97. The van der Waals surface area contributed by atoms with Crippen LogP contribution in [0.4, 0.5) is 0 Å². The van der Waals surface area contributed by atoms with Gasteiger partial charge in [0.25, 0.3) is 0 Å². The molecule has 0 bridgehead atoms. The van der Waals surface area contributed by atoms with Gasteiger partial charge in [-0.1, -0.05) is 67.3 Å². The summed E-state index contributed by atoms with van der Waals surface area (Å²) in [7, 11) is 0. The highest BCUT2D eigenvalue weighted by molar-refractivity contribution is 5.82.